The van der Waals surface area contributed by atoms with Gasteiger partial charge < -0.3 is 14.4 Å². The maximum Gasteiger partial charge on any atom is 0.311 e. The molecule has 0 aliphatic heterocycles. The number of aliphatic carboxylic acids is 1. The number of aryl methyl sites for hydroxylation is 1. The van der Waals surface area contributed by atoms with Crippen molar-refractivity contribution in [2.75, 3.05) is 0 Å². The number of ether oxygens (including phenoxy) is 1. The van der Waals surface area contributed by atoms with Crippen LogP contribution in [0.1, 0.15) is 41.0 Å². The molecule has 0 amide bonds. The number of hydrogen-bond acceptors (Lipinski definition) is 6. The number of hydrogen-bond donors (Lipinski definition) is 1. The van der Waals surface area contributed by atoms with Gasteiger partial charge in [0.15, 0.2) is 5.76 Å². The Morgan fingerprint density at radius 2 is 1.68 bits per heavy atom. The first kappa shape index (κ1) is 26.5. The van der Waals surface area contributed by atoms with E-state index >= 15 is 0 Å². The summed E-state index contributed by atoms with van der Waals surface area (Å²) in [6.07, 6.45) is -0.419. The monoisotopic (exact) mass is 535 g/mol. The van der Waals surface area contributed by atoms with E-state index in [0.29, 0.717) is 22.0 Å². The van der Waals surface area contributed by atoms with Gasteiger partial charge in [-0.2, -0.15) is 0 Å². The van der Waals surface area contributed by atoms with E-state index in [1.165, 1.54) is 0 Å². The molecule has 0 aliphatic rings. The van der Waals surface area contributed by atoms with Crippen molar-refractivity contribution in [3.8, 4) is 11.3 Å². The minimum atomic E-state index is -0.839. The second-order valence-corrected chi connectivity index (χ2v) is 10.1. The Kier molecular flexibility index (Phi) is 8.69. The van der Waals surface area contributed by atoms with Gasteiger partial charge in [-0.05, 0) is 43.2 Å². The molecule has 8 heteroatoms. The molecule has 1 heterocycles. The predicted molar refractivity (Wildman–Crippen MR) is 144 cm³/mol. The van der Waals surface area contributed by atoms with Crippen molar-refractivity contribution in [1.82, 2.24) is 5.16 Å². The van der Waals surface area contributed by atoms with Gasteiger partial charge in [0, 0.05) is 32.4 Å². The summed E-state index contributed by atoms with van der Waals surface area (Å²) in [5.74, 6) is 0.0807. The largest absolute Gasteiger partial charge is 0.481 e. The fourth-order valence-electron chi connectivity index (χ4n) is 3.87. The lowest BCUT2D eigenvalue weighted by atomic mass is 10.0. The first-order chi connectivity index (χ1) is 17.8. The van der Waals surface area contributed by atoms with Gasteiger partial charge in [0.25, 0.3) is 0 Å². The molecule has 0 fully saturated rings. The minimum Gasteiger partial charge on any atom is -0.481 e. The van der Waals surface area contributed by atoms with Crippen LogP contribution in [-0.4, -0.2) is 22.2 Å². The molecule has 0 saturated heterocycles. The minimum absolute atomic E-state index is 0.0215. The van der Waals surface area contributed by atoms with Crippen LogP contribution in [0.15, 0.2) is 82.2 Å². The van der Waals surface area contributed by atoms with E-state index < -0.39 is 12.1 Å². The summed E-state index contributed by atoms with van der Waals surface area (Å²) in [5.41, 5.74) is 4.82. The highest BCUT2D eigenvalue weighted by Crippen LogP contribution is 2.30. The topological polar surface area (TPSA) is 89.6 Å². The summed E-state index contributed by atoms with van der Waals surface area (Å²) in [6.45, 7) is 3.60. The molecule has 37 heavy (non-hydrogen) atoms. The standard InChI is InChI=1S/C29H26ClNO5S/c1-18-25(16-28(34)35-19(2)24-5-3-4-6-26(24)30)29(36-31-18)22-11-7-21(8-12-22)17-37-23-13-9-20(10-14-23)15-27(32)33/h3-14,19H,15-17H2,1-2H3,(H,32,33). The number of benzene rings is 3. The van der Waals surface area contributed by atoms with E-state index in [1.807, 2.05) is 66.7 Å². The van der Waals surface area contributed by atoms with Gasteiger partial charge >= 0.3 is 11.9 Å². The zero-order valence-corrected chi connectivity index (χ0v) is 22.0. The number of carboxylic acid groups (broad SMARTS) is 1. The number of thioether (sulfide) groups is 1. The van der Waals surface area contributed by atoms with Crippen LogP contribution in [0.5, 0.6) is 0 Å². The van der Waals surface area contributed by atoms with Gasteiger partial charge in [-0.1, -0.05) is 71.4 Å². The number of esters is 1. The van der Waals surface area contributed by atoms with Crippen LogP contribution in [0.4, 0.5) is 0 Å². The maximum absolute atomic E-state index is 12.7. The molecule has 1 atom stereocenters. The van der Waals surface area contributed by atoms with Gasteiger partial charge in [-0.3, -0.25) is 9.59 Å². The molecule has 1 unspecified atom stereocenters. The van der Waals surface area contributed by atoms with E-state index in [0.717, 1.165) is 32.9 Å². The number of rotatable bonds is 10. The highest BCUT2D eigenvalue weighted by Gasteiger charge is 2.21. The first-order valence-corrected chi connectivity index (χ1v) is 13.1. The van der Waals surface area contributed by atoms with Crippen LogP contribution in [0, 0.1) is 6.92 Å². The lowest BCUT2D eigenvalue weighted by Gasteiger charge is -2.15. The highest BCUT2D eigenvalue weighted by molar-refractivity contribution is 7.98. The first-order valence-electron chi connectivity index (χ1n) is 11.7. The Balaban J connectivity index is 1.38. The fraction of sp³-hybridized carbons (Fsp3) is 0.207. The van der Waals surface area contributed by atoms with Crippen molar-refractivity contribution in [1.29, 1.82) is 0 Å². The number of carbonyl (C=O) groups excluding carboxylic acids is 1. The summed E-state index contributed by atoms with van der Waals surface area (Å²) in [4.78, 5) is 24.6. The van der Waals surface area contributed by atoms with E-state index in [4.69, 9.17) is 26.0 Å². The van der Waals surface area contributed by atoms with E-state index in [1.54, 1.807) is 31.7 Å². The summed E-state index contributed by atoms with van der Waals surface area (Å²) in [7, 11) is 0. The molecule has 1 aromatic heterocycles. The highest BCUT2D eigenvalue weighted by atomic mass is 35.5. The molecule has 190 valence electrons. The van der Waals surface area contributed by atoms with Crippen molar-refractivity contribution in [2.24, 2.45) is 0 Å². The average molecular weight is 536 g/mol. The third-order valence-corrected chi connectivity index (χ3v) is 7.28. The van der Waals surface area contributed by atoms with Crippen molar-refractivity contribution >= 4 is 35.3 Å². The zero-order chi connectivity index (χ0) is 26.4. The van der Waals surface area contributed by atoms with Crippen LogP contribution in [0.3, 0.4) is 0 Å². The van der Waals surface area contributed by atoms with Crippen LogP contribution in [0.25, 0.3) is 11.3 Å². The van der Waals surface area contributed by atoms with E-state index in [9.17, 15) is 9.59 Å². The Hall–Kier alpha value is -3.55. The molecule has 0 aliphatic carbocycles. The van der Waals surface area contributed by atoms with Crippen molar-refractivity contribution < 1.29 is 24.0 Å². The molecule has 0 radical (unpaired) electrons. The fourth-order valence-corrected chi connectivity index (χ4v) is 5.02. The zero-order valence-electron chi connectivity index (χ0n) is 20.4. The quantitative estimate of drug-likeness (QED) is 0.171. The third-order valence-electron chi connectivity index (χ3n) is 5.86. The second kappa shape index (κ2) is 12.1. The number of nitrogens with zero attached hydrogens (tertiary/aromatic N) is 1. The SMILES string of the molecule is Cc1noc(-c2ccc(CSc3ccc(CC(=O)O)cc3)cc2)c1CC(=O)OC(C)c1ccccc1Cl. The number of aromatic nitrogens is 1. The van der Waals surface area contributed by atoms with Crippen LogP contribution < -0.4 is 0 Å². The van der Waals surface area contributed by atoms with Crippen molar-refractivity contribution in [3.63, 3.8) is 0 Å². The Bertz CT molecular complexity index is 1380. The smallest absolute Gasteiger partial charge is 0.311 e. The second-order valence-electron chi connectivity index (χ2n) is 8.61. The number of carboxylic acids is 1. The van der Waals surface area contributed by atoms with Crippen LogP contribution in [0.2, 0.25) is 5.02 Å². The third kappa shape index (κ3) is 7.02. The van der Waals surface area contributed by atoms with Crippen LogP contribution >= 0.6 is 23.4 Å². The maximum atomic E-state index is 12.7. The molecule has 3 aromatic carbocycles. The molecule has 0 saturated carbocycles. The Labute approximate surface area is 224 Å². The lowest BCUT2D eigenvalue weighted by molar-refractivity contribution is -0.147. The Morgan fingerprint density at radius 3 is 2.35 bits per heavy atom. The van der Waals surface area contributed by atoms with E-state index in [2.05, 4.69) is 5.16 Å². The normalized spacial score (nSPS) is 11.8. The van der Waals surface area contributed by atoms with Gasteiger partial charge in [0.05, 0.1) is 18.5 Å². The van der Waals surface area contributed by atoms with Gasteiger partial charge in [0.1, 0.15) is 6.10 Å². The van der Waals surface area contributed by atoms with Crippen molar-refractivity contribution in [3.05, 3.63) is 106 Å². The molecule has 1 N–H and O–H groups in total. The Morgan fingerprint density at radius 1 is 1.00 bits per heavy atom. The summed E-state index contributed by atoms with van der Waals surface area (Å²) in [6, 6.07) is 22.8. The average Bonchev–Trinajstić information content (AvgIpc) is 3.23. The molecule has 4 aromatic rings. The molecular formula is C29H26ClNO5S. The van der Waals surface area contributed by atoms with Crippen LogP contribution in [-0.2, 0) is 32.9 Å². The molecule has 0 spiro atoms. The summed E-state index contributed by atoms with van der Waals surface area (Å²) < 4.78 is 11.2. The molecule has 0 bridgehead atoms. The number of carbonyl (C=O) groups is 2. The lowest BCUT2D eigenvalue weighted by Crippen LogP contribution is -2.12. The summed E-state index contributed by atoms with van der Waals surface area (Å²) >= 11 is 7.90. The predicted octanol–water partition coefficient (Wildman–Crippen LogP) is 7.07. The van der Waals surface area contributed by atoms with Crippen molar-refractivity contribution in [2.45, 2.75) is 43.4 Å². The molecular weight excluding hydrogens is 510 g/mol. The molecule has 4 rings (SSSR count). The number of halogens is 1. The van der Waals surface area contributed by atoms with E-state index in [-0.39, 0.29) is 18.8 Å². The molecule has 6 nitrogen and oxygen atoms in total. The summed E-state index contributed by atoms with van der Waals surface area (Å²) in [5, 5.41) is 13.5. The van der Waals surface area contributed by atoms with Gasteiger partial charge in [-0.15, -0.1) is 11.8 Å². The van der Waals surface area contributed by atoms with Gasteiger partial charge in [0.2, 0.25) is 0 Å². The van der Waals surface area contributed by atoms with Gasteiger partial charge in [-0.25, -0.2) is 0 Å².